The molecule has 86 valence electrons. The van der Waals surface area contributed by atoms with Gasteiger partial charge in [-0.2, -0.15) is 4.99 Å². The zero-order chi connectivity index (χ0) is 12.0. The first-order valence-electron chi connectivity index (χ1n) is 5.23. The van der Waals surface area contributed by atoms with Crippen LogP contribution in [0.2, 0.25) is 0 Å². The molecule has 1 amide bonds. The summed E-state index contributed by atoms with van der Waals surface area (Å²) in [7, 11) is 0. The van der Waals surface area contributed by atoms with E-state index in [0.29, 0.717) is 0 Å². The van der Waals surface area contributed by atoms with E-state index >= 15 is 0 Å². The van der Waals surface area contributed by atoms with Crippen LogP contribution in [0.4, 0.5) is 4.79 Å². The third-order valence-corrected chi connectivity index (χ3v) is 1.76. The lowest BCUT2D eigenvalue weighted by Gasteiger charge is -2.09. The van der Waals surface area contributed by atoms with E-state index in [1.54, 1.807) is 6.21 Å². The minimum Gasteiger partial charge on any atom is -0.443 e. The second kappa shape index (κ2) is 5.45. The van der Waals surface area contributed by atoms with Gasteiger partial charge in [-0.05, 0) is 11.0 Å². The predicted molar refractivity (Wildman–Crippen MR) is 64.6 cm³/mol. The lowest BCUT2D eigenvalue weighted by molar-refractivity contribution is 0.150. The molecule has 0 aromatic heterocycles. The van der Waals surface area contributed by atoms with Crippen LogP contribution in [0.15, 0.2) is 35.3 Å². The Labute approximate surface area is 96.2 Å². The second-order valence-corrected chi connectivity index (χ2v) is 4.66. The molecule has 0 heterocycles. The highest BCUT2D eigenvalue weighted by Crippen LogP contribution is 2.09. The molecule has 1 aromatic carbocycles. The van der Waals surface area contributed by atoms with E-state index in [0.717, 1.165) is 5.56 Å². The van der Waals surface area contributed by atoms with Crippen molar-refractivity contribution in [3.05, 3.63) is 35.9 Å². The summed E-state index contributed by atoms with van der Waals surface area (Å²) >= 11 is 0. The molecule has 0 aliphatic rings. The quantitative estimate of drug-likeness (QED) is 0.715. The first kappa shape index (κ1) is 12.4. The molecule has 3 nitrogen and oxygen atoms in total. The monoisotopic (exact) mass is 219 g/mol. The number of amides is 1. The van der Waals surface area contributed by atoms with Gasteiger partial charge in [-0.15, -0.1) is 0 Å². The van der Waals surface area contributed by atoms with Crippen LogP contribution in [0.5, 0.6) is 0 Å². The molecule has 0 radical (unpaired) electrons. The molecule has 0 atom stereocenters. The molecule has 0 N–H and O–H groups in total. The minimum atomic E-state index is -0.543. The number of carbonyl (C=O) groups excluding carboxylic acids is 1. The molecule has 0 fully saturated rings. The Balaban J connectivity index is 2.40. The van der Waals surface area contributed by atoms with Gasteiger partial charge >= 0.3 is 6.09 Å². The van der Waals surface area contributed by atoms with Gasteiger partial charge in [-0.1, -0.05) is 51.1 Å². The fourth-order valence-electron chi connectivity index (χ4n) is 1.00. The third kappa shape index (κ3) is 5.29. The summed E-state index contributed by atoms with van der Waals surface area (Å²) in [6, 6.07) is 9.54. The van der Waals surface area contributed by atoms with Crippen LogP contribution in [-0.4, -0.2) is 12.3 Å². The second-order valence-electron chi connectivity index (χ2n) is 4.66. The summed E-state index contributed by atoms with van der Waals surface area (Å²) in [4.78, 5) is 15.0. The summed E-state index contributed by atoms with van der Waals surface area (Å²) in [5.41, 5.74) is 0.855. The van der Waals surface area contributed by atoms with Crippen molar-refractivity contribution in [3.63, 3.8) is 0 Å². The third-order valence-electron chi connectivity index (χ3n) is 1.76. The van der Waals surface area contributed by atoms with Gasteiger partial charge < -0.3 is 4.74 Å². The maximum Gasteiger partial charge on any atom is 0.433 e. The van der Waals surface area contributed by atoms with Crippen LogP contribution in [0, 0.1) is 5.41 Å². The van der Waals surface area contributed by atoms with Crippen LogP contribution in [-0.2, 0) is 11.3 Å². The summed E-state index contributed by atoms with van der Waals surface area (Å²) in [6.45, 7) is 6.18. The normalized spacial score (nSPS) is 11.7. The molecule has 0 saturated carbocycles. The Hall–Kier alpha value is -1.64. The topological polar surface area (TPSA) is 38.7 Å². The highest BCUT2D eigenvalue weighted by molar-refractivity contribution is 5.81. The van der Waals surface area contributed by atoms with Crippen molar-refractivity contribution in [1.29, 1.82) is 0 Å². The van der Waals surface area contributed by atoms with Crippen LogP contribution in [0.25, 0.3) is 0 Å². The van der Waals surface area contributed by atoms with Gasteiger partial charge in [0.05, 0.1) is 0 Å². The molecule has 0 unspecified atom stereocenters. The highest BCUT2D eigenvalue weighted by atomic mass is 16.5. The zero-order valence-corrected chi connectivity index (χ0v) is 9.93. The molecule has 0 saturated heterocycles. The first-order valence-corrected chi connectivity index (χ1v) is 5.23. The van der Waals surface area contributed by atoms with Crippen LogP contribution < -0.4 is 0 Å². The lowest BCUT2D eigenvalue weighted by atomic mass is 9.99. The Bertz CT molecular complexity index is 363. The number of aliphatic imine (C=N–C) groups is 1. The summed E-state index contributed by atoms with van der Waals surface area (Å²) < 4.78 is 4.99. The van der Waals surface area contributed by atoms with Gasteiger partial charge in [0.25, 0.3) is 0 Å². The van der Waals surface area contributed by atoms with E-state index in [1.165, 1.54) is 0 Å². The Kier molecular flexibility index (Phi) is 4.23. The van der Waals surface area contributed by atoms with Gasteiger partial charge in [-0.3, -0.25) is 0 Å². The molecular formula is C13H17NO2. The zero-order valence-electron chi connectivity index (χ0n) is 9.93. The summed E-state index contributed by atoms with van der Waals surface area (Å²) in [5.74, 6) is 0. The average molecular weight is 219 g/mol. The minimum absolute atomic E-state index is 0.105. The SMILES string of the molecule is CC(C)(C)/C=N\C(=O)OCc1ccccc1. The molecule has 3 heteroatoms. The van der Waals surface area contributed by atoms with Crippen molar-refractivity contribution in [2.24, 2.45) is 10.4 Å². The van der Waals surface area contributed by atoms with Crippen molar-refractivity contribution in [1.82, 2.24) is 0 Å². The van der Waals surface area contributed by atoms with E-state index in [2.05, 4.69) is 4.99 Å². The maximum atomic E-state index is 11.2. The lowest BCUT2D eigenvalue weighted by Crippen LogP contribution is -2.09. The molecule has 0 aliphatic carbocycles. The molecular weight excluding hydrogens is 202 g/mol. The summed E-state index contributed by atoms with van der Waals surface area (Å²) in [5, 5.41) is 0. The standard InChI is InChI=1S/C13H17NO2/c1-13(2,3)10-14-12(15)16-9-11-7-5-4-6-8-11/h4-8,10H,9H2,1-3H3/b14-10-. The molecule has 0 bridgehead atoms. The van der Waals surface area contributed by atoms with E-state index in [-0.39, 0.29) is 12.0 Å². The largest absolute Gasteiger partial charge is 0.443 e. The molecule has 16 heavy (non-hydrogen) atoms. The fraction of sp³-hybridized carbons (Fsp3) is 0.385. The Morgan fingerprint density at radius 3 is 2.50 bits per heavy atom. The van der Waals surface area contributed by atoms with E-state index in [1.807, 2.05) is 51.1 Å². The fourth-order valence-corrected chi connectivity index (χ4v) is 1.00. The molecule has 0 aliphatic heterocycles. The number of hydrogen-bond donors (Lipinski definition) is 0. The van der Waals surface area contributed by atoms with E-state index < -0.39 is 6.09 Å². The average Bonchev–Trinajstić information content (AvgIpc) is 2.24. The number of carbonyl (C=O) groups is 1. The van der Waals surface area contributed by atoms with Crippen molar-refractivity contribution in [3.8, 4) is 0 Å². The summed E-state index contributed by atoms with van der Waals surface area (Å²) in [6.07, 6.45) is 1.05. The van der Waals surface area contributed by atoms with Crippen molar-refractivity contribution in [2.45, 2.75) is 27.4 Å². The highest BCUT2D eigenvalue weighted by Gasteiger charge is 2.07. The molecule has 1 aromatic rings. The van der Waals surface area contributed by atoms with Gasteiger partial charge in [0, 0.05) is 6.21 Å². The van der Waals surface area contributed by atoms with E-state index in [4.69, 9.17) is 4.74 Å². The van der Waals surface area contributed by atoms with Crippen molar-refractivity contribution < 1.29 is 9.53 Å². The van der Waals surface area contributed by atoms with Crippen molar-refractivity contribution in [2.75, 3.05) is 0 Å². The van der Waals surface area contributed by atoms with Gasteiger partial charge in [0.1, 0.15) is 6.61 Å². The van der Waals surface area contributed by atoms with Crippen LogP contribution >= 0.6 is 0 Å². The van der Waals surface area contributed by atoms with Gasteiger partial charge in [0.2, 0.25) is 0 Å². The van der Waals surface area contributed by atoms with E-state index in [9.17, 15) is 4.79 Å². The number of hydrogen-bond acceptors (Lipinski definition) is 2. The number of ether oxygens (including phenoxy) is 1. The predicted octanol–water partition coefficient (Wildman–Crippen LogP) is 3.44. The van der Waals surface area contributed by atoms with Crippen LogP contribution in [0.1, 0.15) is 26.3 Å². The Morgan fingerprint density at radius 1 is 1.31 bits per heavy atom. The molecule has 1 rings (SSSR count). The number of rotatable bonds is 2. The molecule has 0 spiro atoms. The van der Waals surface area contributed by atoms with Crippen molar-refractivity contribution >= 4 is 12.3 Å². The maximum absolute atomic E-state index is 11.2. The smallest absolute Gasteiger partial charge is 0.433 e. The number of nitrogens with zero attached hydrogens (tertiary/aromatic N) is 1. The van der Waals surface area contributed by atoms with Gasteiger partial charge in [-0.25, -0.2) is 4.79 Å². The number of benzene rings is 1. The first-order chi connectivity index (χ1) is 7.47. The van der Waals surface area contributed by atoms with Gasteiger partial charge in [0.15, 0.2) is 0 Å². The van der Waals surface area contributed by atoms with Crippen LogP contribution in [0.3, 0.4) is 0 Å². The Morgan fingerprint density at radius 2 is 1.94 bits per heavy atom.